The van der Waals surface area contributed by atoms with Crippen molar-refractivity contribution in [2.24, 2.45) is 0 Å². The molecule has 0 aliphatic carbocycles. The lowest BCUT2D eigenvalue weighted by Gasteiger charge is -2.08. The van der Waals surface area contributed by atoms with Crippen molar-refractivity contribution in [2.75, 3.05) is 5.32 Å². The molecule has 0 spiro atoms. The van der Waals surface area contributed by atoms with Crippen LogP contribution < -0.4 is 5.32 Å². The second-order valence-corrected chi connectivity index (χ2v) is 4.91. The third-order valence-electron chi connectivity index (χ3n) is 2.65. The van der Waals surface area contributed by atoms with Gasteiger partial charge in [0.15, 0.2) is 0 Å². The Bertz CT molecular complexity index is 588. The zero-order chi connectivity index (χ0) is 13.7. The second kappa shape index (κ2) is 6.38. The molecule has 2 rings (SSSR count). The number of benzene rings is 1. The standard InChI is InChI=1S/C15H14BrNO2/c1-2-11-10-12(16)5-7-14(11)17-15(18)8-6-13-4-3-9-19-13/h3-10H,2H2,1H3,(H,17,18). The monoisotopic (exact) mass is 319 g/mol. The minimum Gasteiger partial charge on any atom is -0.465 e. The summed E-state index contributed by atoms with van der Waals surface area (Å²) in [6.07, 6.45) is 5.53. The number of carbonyl (C=O) groups excluding carboxylic acids is 1. The molecule has 19 heavy (non-hydrogen) atoms. The number of hydrogen-bond donors (Lipinski definition) is 1. The van der Waals surface area contributed by atoms with Crippen LogP contribution >= 0.6 is 15.9 Å². The van der Waals surface area contributed by atoms with Gasteiger partial charge in [-0.05, 0) is 48.4 Å². The maximum absolute atomic E-state index is 11.8. The molecule has 0 saturated heterocycles. The highest BCUT2D eigenvalue weighted by Gasteiger charge is 2.04. The summed E-state index contributed by atoms with van der Waals surface area (Å²) >= 11 is 3.42. The second-order valence-electron chi connectivity index (χ2n) is 3.99. The largest absolute Gasteiger partial charge is 0.465 e. The van der Waals surface area contributed by atoms with Crippen LogP contribution in [0.5, 0.6) is 0 Å². The minimum atomic E-state index is -0.173. The van der Waals surface area contributed by atoms with Crippen LogP contribution in [0.4, 0.5) is 5.69 Å². The van der Waals surface area contributed by atoms with Gasteiger partial charge in [-0.3, -0.25) is 4.79 Å². The van der Waals surface area contributed by atoms with Crippen LogP contribution in [0.3, 0.4) is 0 Å². The van der Waals surface area contributed by atoms with Crippen molar-refractivity contribution >= 4 is 33.6 Å². The van der Waals surface area contributed by atoms with Crippen LogP contribution in [0, 0.1) is 0 Å². The molecule has 1 N–H and O–H groups in total. The number of hydrogen-bond acceptors (Lipinski definition) is 2. The van der Waals surface area contributed by atoms with Crippen molar-refractivity contribution in [1.82, 2.24) is 0 Å². The zero-order valence-electron chi connectivity index (χ0n) is 10.5. The van der Waals surface area contributed by atoms with Crippen LogP contribution in [0.15, 0.2) is 51.6 Å². The molecule has 98 valence electrons. The maximum atomic E-state index is 11.8. The number of nitrogens with one attached hydrogen (secondary N) is 1. The van der Waals surface area contributed by atoms with Gasteiger partial charge < -0.3 is 9.73 Å². The van der Waals surface area contributed by atoms with Gasteiger partial charge in [0.05, 0.1) is 6.26 Å². The van der Waals surface area contributed by atoms with Gasteiger partial charge in [-0.25, -0.2) is 0 Å². The molecule has 0 atom stereocenters. The quantitative estimate of drug-likeness (QED) is 0.856. The topological polar surface area (TPSA) is 42.2 Å². The van der Waals surface area contributed by atoms with E-state index < -0.39 is 0 Å². The molecule has 0 radical (unpaired) electrons. The summed E-state index contributed by atoms with van der Waals surface area (Å²) in [7, 11) is 0. The van der Waals surface area contributed by atoms with Gasteiger partial charge >= 0.3 is 0 Å². The first-order valence-corrected chi connectivity index (χ1v) is 6.79. The summed E-state index contributed by atoms with van der Waals surface area (Å²) in [4.78, 5) is 11.8. The fourth-order valence-corrected chi connectivity index (χ4v) is 2.10. The van der Waals surface area contributed by atoms with E-state index in [-0.39, 0.29) is 5.91 Å². The van der Waals surface area contributed by atoms with Crippen LogP contribution in [-0.2, 0) is 11.2 Å². The number of furan rings is 1. The molecule has 2 aromatic rings. The van der Waals surface area contributed by atoms with Crippen LogP contribution in [0.1, 0.15) is 18.2 Å². The SMILES string of the molecule is CCc1cc(Br)ccc1NC(=O)C=Cc1ccco1. The molecule has 3 nitrogen and oxygen atoms in total. The lowest BCUT2D eigenvalue weighted by Crippen LogP contribution is -2.09. The lowest BCUT2D eigenvalue weighted by atomic mass is 10.1. The van der Waals surface area contributed by atoms with E-state index in [1.807, 2.05) is 18.2 Å². The minimum absolute atomic E-state index is 0.173. The molecule has 1 heterocycles. The van der Waals surface area contributed by atoms with Gasteiger partial charge in [0.1, 0.15) is 5.76 Å². The number of carbonyl (C=O) groups is 1. The Kier molecular flexibility index (Phi) is 4.58. The third kappa shape index (κ3) is 3.83. The average Bonchev–Trinajstić information content (AvgIpc) is 2.91. The van der Waals surface area contributed by atoms with Gasteiger partial charge in [-0.2, -0.15) is 0 Å². The number of halogens is 1. The summed E-state index contributed by atoms with van der Waals surface area (Å²) in [6.45, 7) is 2.05. The summed E-state index contributed by atoms with van der Waals surface area (Å²) in [5, 5.41) is 2.86. The Morgan fingerprint density at radius 3 is 2.95 bits per heavy atom. The highest BCUT2D eigenvalue weighted by Crippen LogP contribution is 2.21. The summed E-state index contributed by atoms with van der Waals surface area (Å²) < 4.78 is 6.13. The Labute approximate surface area is 120 Å². The fraction of sp³-hybridized carbons (Fsp3) is 0.133. The van der Waals surface area contributed by atoms with Gasteiger partial charge in [-0.1, -0.05) is 22.9 Å². The summed E-state index contributed by atoms with van der Waals surface area (Å²) in [5.41, 5.74) is 1.92. The van der Waals surface area contributed by atoms with Gasteiger partial charge in [-0.15, -0.1) is 0 Å². The smallest absolute Gasteiger partial charge is 0.248 e. The molecular formula is C15H14BrNO2. The molecule has 0 saturated carbocycles. The van der Waals surface area contributed by atoms with Crippen molar-refractivity contribution in [2.45, 2.75) is 13.3 Å². The first kappa shape index (κ1) is 13.6. The van der Waals surface area contributed by atoms with Crippen molar-refractivity contribution in [3.05, 3.63) is 58.5 Å². The van der Waals surface area contributed by atoms with Crippen LogP contribution in [0.25, 0.3) is 6.08 Å². The van der Waals surface area contributed by atoms with E-state index in [1.54, 1.807) is 24.5 Å². The van der Waals surface area contributed by atoms with Crippen molar-refractivity contribution in [3.8, 4) is 0 Å². The Balaban J connectivity index is 2.06. The molecule has 0 bridgehead atoms. The predicted molar refractivity (Wildman–Crippen MR) is 79.9 cm³/mol. The molecule has 0 unspecified atom stereocenters. The number of amides is 1. The van der Waals surface area contributed by atoms with E-state index in [4.69, 9.17) is 4.42 Å². The van der Waals surface area contributed by atoms with E-state index in [9.17, 15) is 4.79 Å². The Hall–Kier alpha value is -1.81. The molecule has 4 heteroatoms. The van der Waals surface area contributed by atoms with E-state index in [0.717, 1.165) is 22.1 Å². The van der Waals surface area contributed by atoms with Crippen LogP contribution in [0.2, 0.25) is 0 Å². The van der Waals surface area contributed by atoms with Gasteiger partial charge in [0.2, 0.25) is 5.91 Å². The molecule has 1 aromatic carbocycles. The predicted octanol–water partition coefficient (Wildman–Crippen LogP) is 4.26. The third-order valence-corrected chi connectivity index (χ3v) is 3.14. The number of anilines is 1. The molecule has 0 aliphatic heterocycles. The fourth-order valence-electron chi connectivity index (χ4n) is 1.70. The van der Waals surface area contributed by atoms with E-state index in [2.05, 4.69) is 28.2 Å². The van der Waals surface area contributed by atoms with Crippen molar-refractivity contribution in [1.29, 1.82) is 0 Å². The summed E-state index contributed by atoms with van der Waals surface area (Å²) in [6, 6.07) is 9.38. The number of rotatable bonds is 4. The molecule has 0 aliphatic rings. The highest BCUT2D eigenvalue weighted by atomic mass is 79.9. The van der Waals surface area contributed by atoms with Gasteiger partial charge in [0.25, 0.3) is 0 Å². The molecule has 0 fully saturated rings. The van der Waals surface area contributed by atoms with Crippen molar-refractivity contribution in [3.63, 3.8) is 0 Å². The van der Waals surface area contributed by atoms with E-state index in [0.29, 0.717) is 5.76 Å². The normalized spacial score (nSPS) is 10.8. The lowest BCUT2D eigenvalue weighted by molar-refractivity contribution is -0.111. The molecule has 1 amide bonds. The Morgan fingerprint density at radius 1 is 1.42 bits per heavy atom. The Morgan fingerprint density at radius 2 is 2.26 bits per heavy atom. The van der Waals surface area contributed by atoms with Gasteiger partial charge in [0, 0.05) is 16.2 Å². The number of aryl methyl sites for hydroxylation is 1. The molecule has 1 aromatic heterocycles. The first-order valence-electron chi connectivity index (χ1n) is 6.00. The highest BCUT2D eigenvalue weighted by molar-refractivity contribution is 9.10. The van der Waals surface area contributed by atoms with E-state index in [1.165, 1.54) is 6.08 Å². The van der Waals surface area contributed by atoms with Crippen LogP contribution in [-0.4, -0.2) is 5.91 Å². The van der Waals surface area contributed by atoms with E-state index >= 15 is 0 Å². The maximum Gasteiger partial charge on any atom is 0.248 e. The average molecular weight is 320 g/mol. The molecular weight excluding hydrogens is 306 g/mol. The first-order chi connectivity index (χ1) is 9.19. The van der Waals surface area contributed by atoms with Crippen molar-refractivity contribution < 1.29 is 9.21 Å². The summed E-state index contributed by atoms with van der Waals surface area (Å²) in [5.74, 6) is 0.482. The zero-order valence-corrected chi connectivity index (χ0v) is 12.1.